The highest BCUT2D eigenvalue weighted by molar-refractivity contribution is 6.12. The Balaban J connectivity index is 1.16. The molecular formula is C39H23N7O. The highest BCUT2D eigenvalue weighted by atomic mass is 16.5. The van der Waals surface area contributed by atoms with Crippen LogP contribution in [0.15, 0.2) is 140 Å². The summed E-state index contributed by atoms with van der Waals surface area (Å²) in [7, 11) is 0. The van der Waals surface area contributed by atoms with Crippen LogP contribution >= 0.6 is 0 Å². The number of nitrogens with zero attached hydrogens (tertiary/aromatic N) is 7. The largest absolute Gasteiger partial charge is 0.457 e. The van der Waals surface area contributed by atoms with E-state index in [1.165, 1.54) is 0 Å². The lowest BCUT2D eigenvalue weighted by molar-refractivity contribution is 0.484. The molecule has 0 saturated carbocycles. The average molecular weight is 606 g/mol. The van der Waals surface area contributed by atoms with Gasteiger partial charge in [0.25, 0.3) is 0 Å². The SMILES string of the molecule is c1ccc(-c2ccc3c4ccc(Oc5ccc6c(c5)c5nccn5c5nccnc65)cc4c4ncc(-c5ccccc5)n4c3n2)cc1. The first-order valence-electron chi connectivity index (χ1n) is 15.3. The topological polar surface area (TPSA) is 82.5 Å². The quantitative estimate of drug-likeness (QED) is 0.186. The summed E-state index contributed by atoms with van der Waals surface area (Å²) in [5, 5.41) is 4.98. The van der Waals surface area contributed by atoms with E-state index in [0.29, 0.717) is 11.5 Å². The molecule has 0 amide bonds. The zero-order valence-corrected chi connectivity index (χ0v) is 24.8. The van der Waals surface area contributed by atoms with Crippen LogP contribution in [0.25, 0.3) is 77.6 Å². The third-order valence-corrected chi connectivity index (χ3v) is 8.78. The molecule has 6 heterocycles. The van der Waals surface area contributed by atoms with E-state index >= 15 is 0 Å². The summed E-state index contributed by atoms with van der Waals surface area (Å²) in [4.78, 5) is 24.0. The minimum absolute atomic E-state index is 0.698. The lowest BCUT2D eigenvalue weighted by atomic mass is 10.1. The van der Waals surface area contributed by atoms with E-state index in [-0.39, 0.29) is 0 Å². The van der Waals surface area contributed by atoms with E-state index < -0.39 is 0 Å². The number of hydrogen-bond acceptors (Lipinski definition) is 6. The molecule has 8 nitrogen and oxygen atoms in total. The Morgan fingerprint density at radius 1 is 0.489 bits per heavy atom. The maximum absolute atomic E-state index is 6.54. The van der Waals surface area contributed by atoms with Crippen LogP contribution in [0.2, 0.25) is 0 Å². The van der Waals surface area contributed by atoms with E-state index in [0.717, 1.165) is 77.6 Å². The molecule has 0 spiro atoms. The van der Waals surface area contributed by atoms with Crippen molar-refractivity contribution >= 4 is 55.0 Å². The van der Waals surface area contributed by atoms with Gasteiger partial charge in [0, 0.05) is 57.5 Å². The first kappa shape index (κ1) is 25.6. The van der Waals surface area contributed by atoms with E-state index in [1.807, 2.05) is 77.5 Å². The Kier molecular flexibility index (Phi) is 5.41. The van der Waals surface area contributed by atoms with Crippen molar-refractivity contribution in [1.82, 2.24) is 33.7 Å². The third kappa shape index (κ3) is 3.91. The van der Waals surface area contributed by atoms with Crippen LogP contribution in [0.3, 0.4) is 0 Å². The number of benzene rings is 4. The molecule has 0 atom stereocenters. The number of hydrogen-bond donors (Lipinski definition) is 0. The van der Waals surface area contributed by atoms with Gasteiger partial charge in [0.2, 0.25) is 0 Å². The minimum Gasteiger partial charge on any atom is -0.457 e. The van der Waals surface area contributed by atoms with Gasteiger partial charge in [0.1, 0.15) is 34.0 Å². The summed E-state index contributed by atoms with van der Waals surface area (Å²) in [6.07, 6.45) is 9.03. The van der Waals surface area contributed by atoms with Crippen molar-refractivity contribution in [1.29, 1.82) is 0 Å². The second-order valence-corrected chi connectivity index (χ2v) is 11.5. The molecule has 0 aliphatic carbocycles. The van der Waals surface area contributed by atoms with Crippen LogP contribution < -0.4 is 4.74 Å². The number of aromatic nitrogens is 7. The zero-order valence-electron chi connectivity index (χ0n) is 24.8. The molecule has 10 aromatic rings. The standard InChI is InChI=1S/C39H23N7O/c1-3-7-24(8-4-1)33-16-15-30-28-13-11-26(21-31(28)37-43-23-34(46(37)38(30)44-33)25-9-5-2-6-10-25)47-27-12-14-29-32(22-27)36-42-19-20-45(36)39-35(29)40-17-18-41-39/h1-23H. The summed E-state index contributed by atoms with van der Waals surface area (Å²) >= 11 is 0. The zero-order chi connectivity index (χ0) is 30.9. The van der Waals surface area contributed by atoms with Crippen molar-refractivity contribution in [2.75, 3.05) is 0 Å². The maximum atomic E-state index is 6.54. The molecule has 4 aromatic carbocycles. The van der Waals surface area contributed by atoms with Gasteiger partial charge < -0.3 is 4.74 Å². The number of imidazole rings is 2. The molecule has 6 aromatic heterocycles. The van der Waals surface area contributed by atoms with Gasteiger partial charge in [-0.3, -0.25) is 13.8 Å². The summed E-state index contributed by atoms with van der Waals surface area (Å²) in [6, 6.07) is 37.0. The van der Waals surface area contributed by atoms with Gasteiger partial charge in [0.05, 0.1) is 17.6 Å². The minimum atomic E-state index is 0.698. The van der Waals surface area contributed by atoms with Crippen LogP contribution in [-0.2, 0) is 0 Å². The Labute approximate surface area is 267 Å². The van der Waals surface area contributed by atoms with Gasteiger partial charge in [-0.05, 0) is 53.9 Å². The highest BCUT2D eigenvalue weighted by Crippen LogP contribution is 2.37. The predicted octanol–water partition coefficient (Wildman–Crippen LogP) is 8.91. The van der Waals surface area contributed by atoms with Crippen LogP contribution in [0.4, 0.5) is 0 Å². The van der Waals surface area contributed by atoms with E-state index in [1.54, 1.807) is 18.6 Å². The van der Waals surface area contributed by atoms with Gasteiger partial charge in [-0.15, -0.1) is 0 Å². The first-order valence-corrected chi connectivity index (χ1v) is 15.3. The van der Waals surface area contributed by atoms with E-state index in [9.17, 15) is 0 Å². The summed E-state index contributed by atoms with van der Waals surface area (Å²) in [5.41, 5.74) is 8.08. The molecule has 0 unspecified atom stereocenters. The molecule has 0 saturated heterocycles. The molecule has 0 aliphatic rings. The fourth-order valence-corrected chi connectivity index (χ4v) is 6.66. The van der Waals surface area contributed by atoms with Crippen molar-refractivity contribution in [3.8, 4) is 34.0 Å². The van der Waals surface area contributed by atoms with Crippen molar-refractivity contribution in [3.05, 3.63) is 140 Å². The fourth-order valence-electron chi connectivity index (χ4n) is 6.66. The molecule has 0 radical (unpaired) electrons. The van der Waals surface area contributed by atoms with Crippen LogP contribution in [-0.4, -0.2) is 33.7 Å². The lowest BCUT2D eigenvalue weighted by Crippen LogP contribution is -1.98. The second kappa shape index (κ2) is 9.92. The Hall–Kier alpha value is -6.67. The first-order chi connectivity index (χ1) is 23.3. The highest BCUT2D eigenvalue weighted by Gasteiger charge is 2.18. The van der Waals surface area contributed by atoms with E-state index in [4.69, 9.17) is 14.7 Å². The van der Waals surface area contributed by atoms with Crippen molar-refractivity contribution in [2.24, 2.45) is 0 Å². The van der Waals surface area contributed by atoms with Gasteiger partial charge in [-0.2, -0.15) is 0 Å². The van der Waals surface area contributed by atoms with Crippen molar-refractivity contribution < 1.29 is 4.74 Å². The number of fused-ring (bicyclic) bond motifs is 12. The van der Waals surface area contributed by atoms with Crippen LogP contribution in [0.5, 0.6) is 11.5 Å². The summed E-state index contributed by atoms with van der Waals surface area (Å²) in [6.45, 7) is 0. The molecule has 10 rings (SSSR count). The van der Waals surface area contributed by atoms with E-state index in [2.05, 4.69) is 67.9 Å². The summed E-state index contributed by atoms with van der Waals surface area (Å²) < 4.78 is 10.7. The second-order valence-electron chi connectivity index (χ2n) is 11.5. The van der Waals surface area contributed by atoms with Gasteiger partial charge in [-0.25, -0.2) is 19.9 Å². The van der Waals surface area contributed by atoms with Gasteiger partial charge in [0.15, 0.2) is 5.65 Å². The normalized spacial score (nSPS) is 11.8. The molecule has 0 N–H and O–H groups in total. The molecule has 0 aliphatic heterocycles. The lowest BCUT2D eigenvalue weighted by Gasteiger charge is -2.14. The van der Waals surface area contributed by atoms with Gasteiger partial charge in [-0.1, -0.05) is 60.7 Å². The molecule has 220 valence electrons. The predicted molar refractivity (Wildman–Crippen MR) is 185 cm³/mol. The monoisotopic (exact) mass is 605 g/mol. The molecule has 47 heavy (non-hydrogen) atoms. The fraction of sp³-hybridized carbons (Fsp3) is 0. The Bertz CT molecular complexity index is 2820. The Morgan fingerprint density at radius 3 is 1.98 bits per heavy atom. The number of rotatable bonds is 4. The molecule has 0 fully saturated rings. The average Bonchev–Trinajstić information content (AvgIpc) is 3.82. The Morgan fingerprint density at radius 2 is 1.17 bits per heavy atom. The number of ether oxygens (including phenoxy) is 1. The molecule has 0 bridgehead atoms. The summed E-state index contributed by atoms with van der Waals surface area (Å²) in [5.74, 6) is 1.40. The number of pyridine rings is 3. The molecular weight excluding hydrogens is 582 g/mol. The maximum Gasteiger partial charge on any atom is 0.165 e. The van der Waals surface area contributed by atoms with Crippen LogP contribution in [0, 0.1) is 0 Å². The van der Waals surface area contributed by atoms with Crippen molar-refractivity contribution in [2.45, 2.75) is 0 Å². The van der Waals surface area contributed by atoms with Crippen molar-refractivity contribution in [3.63, 3.8) is 0 Å². The van der Waals surface area contributed by atoms with Crippen LogP contribution in [0.1, 0.15) is 0 Å². The third-order valence-electron chi connectivity index (χ3n) is 8.78. The van der Waals surface area contributed by atoms with Gasteiger partial charge >= 0.3 is 0 Å². The molecule has 8 heteroatoms. The smallest absolute Gasteiger partial charge is 0.165 e.